The van der Waals surface area contributed by atoms with Crippen molar-refractivity contribution in [2.75, 3.05) is 5.32 Å². The van der Waals surface area contributed by atoms with E-state index in [-0.39, 0.29) is 35.3 Å². The molecule has 1 aromatic carbocycles. The van der Waals surface area contributed by atoms with Crippen LogP contribution in [0.15, 0.2) is 29.2 Å². The maximum atomic E-state index is 12.0. The van der Waals surface area contributed by atoms with Crippen LogP contribution in [-0.4, -0.2) is 32.5 Å². The first kappa shape index (κ1) is 19.9. The monoisotopic (exact) mass is 361 g/mol. The Balaban J connectivity index is 0.00000264. The lowest BCUT2D eigenvalue weighted by atomic mass is 10.2. The van der Waals surface area contributed by atoms with Crippen LogP contribution in [-0.2, 0) is 14.8 Å². The molecule has 130 valence electrons. The minimum absolute atomic E-state index is 0. The Kier molecular flexibility index (Phi) is 7.01. The average molecular weight is 362 g/mol. The van der Waals surface area contributed by atoms with E-state index in [0.717, 1.165) is 12.8 Å². The minimum Gasteiger partial charge on any atom is -0.325 e. The Morgan fingerprint density at radius 2 is 1.70 bits per heavy atom. The number of sulfonamides is 1. The largest absolute Gasteiger partial charge is 0.325 e. The summed E-state index contributed by atoms with van der Waals surface area (Å²) in [6.45, 7) is 5.35. The lowest BCUT2D eigenvalue weighted by Crippen LogP contribution is -2.39. The number of amides is 1. The molecular weight excluding hydrogens is 338 g/mol. The van der Waals surface area contributed by atoms with Crippen LogP contribution >= 0.6 is 12.4 Å². The zero-order valence-corrected chi connectivity index (χ0v) is 15.1. The molecule has 0 bridgehead atoms. The molecule has 3 N–H and O–H groups in total. The summed E-state index contributed by atoms with van der Waals surface area (Å²) in [7, 11) is -3.50. The van der Waals surface area contributed by atoms with Gasteiger partial charge in [-0.2, -0.15) is 0 Å². The van der Waals surface area contributed by atoms with Gasteiger partial charge in [-0.15, -0.1) is 12.4 Å². The van der Waals surface area contributed by atoms with E-state index >= 15 is 0 Å². The topological polar surface area (TPSA) is 87.3 Å². The molecule has 1 unspecified atom stereocenters. The van der Waals surface area contributed by atoms with Gasteiger partial charge in [-0.3, -0.25) is 4.79 Å². The number of anilines is 1. The summed E-state index contributed by atoms with van der Waals surface area (Å²) < 4.78 is 26.5. The summed E-state index contributed by atoms with van der Waals surface area (Å²) in [6.07, 6.45) is 2.24. The number of hydrogen-bond acceptors (Lipinski definition) is 4. The van der Waals surface area contributed by atoms with Crippen LogP contribution in [0.2, 0.25) is 0 Å². The van der Waals surface area contributed by atoms with Crippen molar-refractivity contribution in [3.05, 3.63) is 24.3 Å². The molecule has 8 heteroatoms. The second-order valence-electron chi connectivity index (χ2n) is 5.95. The Morgan fingerprint density at radius 3 is 2.17 bits per heavy atom. The molecule has 1 aliphatic rings. The highest BCUT2D eigenvalue weighted by molar-refractivity contribution is 7.89. The van der Waals surface area contributed by atoms with Crippen molar-refractivity contribution in [2.24, 2.45) is 0 Å². The normalized spacial score (nSPS) is 15.8. The molecule has 0 aromatic heterocycles. The summed E-state index contributed by atoms with van der Waals surface area (Å²) in [5.74, 6) is -0.122. The third-order valence-electron chi connectivity index (χ3n) is 3.28. The van der Waals surface area contributed by atoms with E-state index in [2.05, 4.69) is 15.4 Å². The second-order valence-corrected chi connectivity index (χ2v) is 7.67. The third-order valence-corrected chi connectivity index (χ3v) is 4.95. The van der Waals surface area contributed by atoms with Crippen molar-refractivity contribution in [3.8, 4) is 0 Å². The molecule has 2 rings (SSSR count). The van der Waals surface area contributed by atoms with Crippen molar-refractivity contribution >= 4 is 34.0 Å². The number of halogens is 1. The molecule has 1 amide bonds. The van der Waals surface area contributed by atoms with Gasteiger partial charge >= 0.3 is 0 Å². The van der Waals surface area contributed by atoms with Gasteiger partial charge < -0.3 is 10.6 Å². The maximum absolute atomic E-state index is 12.0. The van der Waals surface area contributed by atoms with Gasteiger partial charge in [-0.05, 0) is 57.9 Å². The number of rotatable bonds is 7. The van der Waals surface area contributed by atoms with E-state index in [4.69, 9.17) is 0 Å². The van der Waals surface area contributed by atoms with Crippen molar-refractivity contribution in [2.45, 2.75) is 56.6 Å². The van der Waals surface area contributed by atoms with Gasteiger partial charge in [0.05, 0.1) is 10.9 Å². The zero-order chi connectivity index (χ0) is 16.3. The van der Waals surface area contributed by atoms with Gasteiger partial charge in [0.2, 0.25) is 15.9 Å². The first-order chi connectivity index (χ1) is 10.3. The smallest absolute Gasteiger partial charge is 0.241 e. The maximum Gasteiger partial charge on any atom is 0.241 e. The fourth-order valence-corrected chi connectivity index (χ4v) is 3.28. The first-order valence-electron chi connectivity index (χ1n) is 7.47. The number of carbonyl (C=O) groups is 1. The van der Waals surface area contributed by atoms with Crippen LogP contribution in [0.5, 0.6) is 0 Å². The Bertz CT molecular complexity index is 628. The van der Waals surface area contributed by atoms with E-state index in [0.29, 0.717) is 11.7 Å². The highest BCUT2D eigenvalue weighted by Gasteiger charge is 2.25. The van der Waals surface area contributed by atoms with Crippen LogP contribution in [0.4, 0.5) is 5.69 Å². The van der Waals surface area contributed by atoms with E-state index in [1.165, 1.54) is 12.1 Å². The molecule has 1 aliphatic carbocycles. The molecule has 0 spiro atoms. The van der Waals surface area contributed by atoms with Crippen LogP contribution in [0.3, 0.4) is 0 Å². The first-order valence-corrected chi connectivity index (χ1v) is 8.95. The highest BCUT2D eigenvalue weighted by atomic mass is 35.5. The minimum atomic E-state index is -3.50. The van der Waals surface area contributed by atoms with Gasteiger partial charge in [-0.25, -0.2) is 13.1 Å². The fourth-order valence-electron chi connectivity index (χ4n) is 2.03. The SMILES string of the molecule is CC(C)NS(=O)(=O)c1ccc(NC(=O)C(C)NC2CC2)cc1.Cl. The van der Waals surface area contributed by atoms with Gasteiger partial charge in [0.25, 0.3) is 0 Å². The quantitative estimate of drug-likeness (QED) is 0.692. The molecule has 1 fully saturated rings. The van der Waals surface area contributed by atoms with E-state index in [1.54, 1.807) is 26.0 Å². The van der Waals surface area contributed by atoms with Gasteiger partial charge in [0.1, 0.15) is 0 Å². The van der Waals surface area contributed by atoms with Crippen LogP contribution < -0.4 is 15.4 Å². The van der Waals surface area contributed by atoms with E-state index in [9.17, 15) is 13.2 Å². The zero-order valence-electron chi connectivity index (χ0n) is 13.5. The number of hydrogen-bond donors (Lipinski definition) is 3. The summed E-state index contributed by atoms with van der Waals surface area (Å²) in [4.78, 5) is 12.2. The average Bonchev–Trinajstić information content (AvgIpc) is 3.21. The van der Waals surface area contributed by atoms with Crippen molar-refractivity contribution in [3.63, 3.8) is 0 Å². The summed E-state index contributed by atoms with van der Waals surface area (Å²) in [5.41, 5.74) is 0.581. The predicted molar refractivity (Wildman–Crippen MR) is 93.4 cm³/mol. The Labute approximate surface area is 143 Å². The highest BCUT2D eigenvalue weighted by Crippen LogP contribution is 2.20. The lowest BCUT2D eigenvalue weighted by Gasteiger charge is -2.14. The van der Waals surface area contributed by atoms with E-state index < -0.39 is 10.0 Å². The fraction of sp³-hybridized carbons (Fsp3) is 0.533. The lowest BCUT2D eigenvalue weighted by molar-refractivity contribution is -0.117. The predicted octanol–water partition coefficient (Wildman–Crippen LogP) is 1.87. The van der Waals surface area contributed by atoms with E-state index in [1.807, 2.05) is 6.92 Å². The molecule has 23 heavy (non-hydrogen) atoms. The molecule has 0 aliphatic heterocycles. The molecular formula is C15H24ClN3O3S. The molecule has 0 saturated heterocycles. The summed E-state index contributed by atoms with van der Waals surface area (Å²) >= 11 is 0. The van der Waals surface area contributed by atoms with Crippen molar-refractivity contribution in [1.82, 2.24) is 10.0 Å². The Hall–Kier alpha value is -1.15. The second kappa shape index (κ2) is 8.10. The molecule has 0 heterocycles. The van der Waals surface area contributed by atoms with Gasteiger partial charge in [-0.1, -0.05) is 0 Å². The molecule has 1 aromatic rings. The van der Waals surface area contributed by atoms with Gasteiger partial charge in [0, 0.05) is 17.8 Å². The van der Waals surface area contributed by atoms with Crippen molar-refractivity contribution < 1.29 is 13.2 Å². The Morgan fingerprint density at radius 1 is 1.13 bits per heavy atom. The molecule has 1 atom stereocenters. The third kappa shape index (κ3) is 6.10. The number of carbonyl (C=O) groups excluding carboxylic acids is 1. The van der Waals surface area contributed by atoms with Crippen LogP contribution in [0, 0.1) is 0 Å². The van der Waals surface area contributed by atoms with Crippen LogP contribution in [0.25, 0.3) is 0 Å². The van der Waals surface area contributed by atoms with Gasteiger partial charge in [0.15, 0.2) is 0 Å². The summed E-state index contributed by atoms with van der Waals surface area (Å²) in [6, 6.07) is 6.18. The van der Waals surface area contributed by atoms with Crippen molar-refractivity contribution in [1.29, 1.82) is 0 Å². The summed E-state index contributed by atoms with van der Waals surface area (Å²) in [5, 5.41) is 5.99. The standard InChI is InChI=1S/C15H23N3O3S.ClH/c1-10(2)18-22(20,21)14-8-6-13(7-9-14)17-15(19)11(3)16-12-4-5-12;/h6-12,16,18H,4-5H2,1-3H3,(H,17,19);1H. The number of nitrogens with one attached hydrogen (secondary N) is 3. The molecule has 1 saturated carbocycles. The molecule has 6 nitrogen and oxygen atoms in total. The number of benzene rings is 1. The van der Waals surface area contributed by atoms with Crippen LogP contribution in [0.1, 0.15) is 33.6 Å². The molecule has 0 radical (unpaired) electrons.